The predicted octanol–water partition coefficient (Wildman–Crippen LogP) is 3.64. The molecule has 3 aromatic heterocycles. The van der Waals surface area contributed by atoms with Crippen LogP contribution in [0.25, 0.3) is 21.1 Å². The summed E-state index contributed by atoms with van der Waals surface area (Å²) in [7, 11) is 0. The third-order valence-corrected chi connectivity index (χ3v) is 8.47. The first-order valence-electron chi connectivity index (χ1n) is 11.2. The summed E-state index contributed by atoms with van der Waals surface area (Å²) >= 11 is 3.13. The quantitative estimate of drug-likeness (QED) is 0.195. The molecule has 5 rings (SSSR count). The van der Waals surface area contributed by atoms with Crippen molar-refractivity contribution in [1.29, 1.82) is 0 Å². The topological polar surface area (TPSA) is 80.3 Å². The van der Waals surface area contributed by atoms with Gasteiger partial charge in [0.25, 0.3) is 5.56 Å². The van der Waals surface area contributed by atoms with Crippen molar-refractivity contribution in [3.05, 3.63) is 57.2 Å². The van der Waals surface area contributed by atoms with Crippen LogP contribution in [0.3, 0.4) is 0 Å². The number of para-hydroxylation sites is 1. The van der Waals surface area contributed by atoms with Gasteiger partial charge in [0.15, 0.2) is 5.16 Å². The minimum Gasteiger partial charge on any atom is -0.354 e. The van der Waals surface area contributed by atoms with Crippen LogP contribution >= 0.6 is 23.1 Å². The number of rotatable bonds is 6. The van der Waals surface area contributed by atoms with Gasteiger partial charge in [0.05, 0.1) is 10.9 Å². The maximum atomic E-state index is 12.7. The molecule has 172 valence electrons. The van der Waals surface area contributed by atoms with Crippen LogP contribution in [0.4, 0.5) is 5.82 Å². The van der Waals surface area contributed by atoms with Crippen LogP contribution in [-0.2, 0) is 0 Å². The first-order chi connectivity index (χ1) is 16.0. The molecular weight excluding hydrogens is 452 g/mol. The fourth-order valence-electron chi connectivity index (χ4n) is 4.27. The van der Waals surface area contributed by atoms with Gasteiger partial charge in [0, 0.05) is 42.2 Å². The highest BCUT2D eigenvalue weighted by molar-refractivity contribution is 7.99. The van der Waals surface area contributed by atoms with Gasteiger partial charge in [0.1, 0.15) is 10.6 Å². The Bertz CT molecular complexity index is 1360. The molecule has 4 heterocycles. The molecule has 1 fully saturated rings. The Morgan fingerprint density at radius 3 is 2.67 bits per heavy atom. The maximum Gasteiger partial charge on any atom is 0.281 e. The molecule has 2 N–H and O–H groups in total. The van der Waals surface area contributed by atoms with E-state index in [2.05, 4.69) is 39.0 Å². The van der Waals surface area contributed by atoms with Crippen molar-refractivity contribution in [1.82, 2.24) is 19.5 Å². The summed E-state index contributed by atoms with van der Waals surface area (Å²) in [6.07, 6.45) is 1.02. The Morgan fingerprint density at radius 2 is 1.85 bits per heavy atom. The van der Waals surface area contributed by atoms with E-state index in [4.69, 9.17) is 10.8 Å². The van der Waals surface area contributed by atoms with Gasteiger partial charge in [0.2, 0.25) is 0 Å². The van der Waals surface area contributed by atoms with Gasteiger partial charge in [-0.15, -0.1) is 11.3 Å². The molecule has 1 aromatic carbocycles. The molecule has 9 heteroatoms. The molecule has 33 heavy (non-hydrogen) atoms. The Kier molecular flexibility index (Phi) is 6.27. The fourth-order valence-corrected chi connectivity index (χ4v) is 6.18. The number of benzene rings is 1. The number of fused-ring (bicyclic) bond motifs is 2. The first kappa shape index (κ1) is 22.2. The largest absolute Gasteiger partial charge is 0.354 e. The van der Waals surface area contributed by atoms with Crippen molar-refractivity contribution in [2.75, 3.05) is 49.2 Å². The standard InChI is InChI=1S/C24H28N6OS2/c1-16-17(2)33-22-21(16)23(31)30(25)24(27-22)32-15-5-10-28-11-13-29(14-12-28)20-9-8-18-6-3-4-7-19(18)26-20/h3-4,6-9H,5,10-15,25H2,1-2H3. The van der Waals surface area contributed by atoms with Gasteiger partial charge in [-0.2, -0.15) is 0 Å². The first-order valence-corrected chi connectivity index (χ1v) is 13.0. The molecule has 7 nitrogen and oxygen atoms in total. The van der Waals surface area contributed by atoms with E-state index in [-0.39, 0.29) is 5.56 Å². The highest BCUT2D eigenvalue weighted by atomic mass is 32.2. The summed E-state index contributed by atoms with van der Waals surface area (Å²) in [6.45, 7) is 9.02. The zero-order valence-corrected chi connectivity index (χ0v) is 20.6. The average Bonchev–Trinajstić information content (AvgIpc) is 3.13. The zero-order valence-electron chi connectivity index (χ0n) is 19.0. The second-order valence-corrected chi connectivity index (χ2v) is 10.7. The summed E-state index contributed by atoms with van der Waals surface area (Å²) in [4.78, 5) is 28.9. The molecule has 0 amide bonds. The number of nitrogens with zero attached hydrogens (tertiary/aromatic N) is 5. The van der Waals surface area contributed by atoms with E-state index in [9.17, 15) is 4.79 Å². The van der Waals surface area contributed by atoms with Crippen LogP contribution in [0.2, 0.25) is 0 Å². The molecule has 0 spiro atoms. The van der Waals surface area contributed by atoms with Crippen molar-refractivity contribution in [3.63, 3.8) is 0 Å². The van der Waals surface area contributed by atoms with E-state index in [1.807, 2.05) is 26.0 Å². The van der Waals surface area contributed by atoms with E-state index in [1.54, 1.807) is 23.1 Å². The molecule has 0 bridgehead atoms. The molecule has 1 saturated heterocycles. The number of thiophene rings is 1. The van der Waals surface area contributed by atoms with Gasteiger partial charge in [-0.25, -0.2) is 14.6 Å². The number of pyridine rings is 1. The molecule has 0 aliphatic carbocycles. The molecule has 1 aliphatic heterocycles. The highest BCUT2D eigenvalue weighted by Gasteiger charge is 2.19. The molecule has 0 atom stereocenters. The van der Waals surface area contributed by atoms with Crippen LogP contribution in [0.1, 0.15) is 16.9 Å². The number of nitrogens with two attached hydrogens (primary N) is 1. The summed E-state index contributed by atoms with van der Waals surface area (Å²) < 4.78 is 1.21. The molecule has 0 unspecified atom stereocenters. The predicted molar refractivity (Wildman–Crippen MR) is 139 cm³/mol. The number of thioether (sulfide) groups is 1. The summed E-state index contributed by atoms with van der Waals surface area (Å²) in [6, 6.07) is 12.5. The van der Waals surface area contributed by atoms with Gasteiger partial charge in [-0.05, 0) is 50.6 Å². The van der Waals surface area contributed by atoms with Crippen molar-refractivity contribution in [2.24, 2.45) is 0 Å². The maximum absolute atomic E-state index is 12.7. The van der Waals surface area contributed by atoms with Crippen molar-refractivity contribution >= 4 is 50.0 Å². The third kappa shape index (κ3) is 4.45. The SMILES string of the molecule is Cc1sc2nc(SCCCN3CCN(c4ccc5ccccc5n4)CC3)n(N)c(=O)c2c1C. The minimum absolute atomic E-state index is 0.150. The lowest BCUT2D eigenvalue weighted by Gasteiger charge is -2.35. The van der Waals surface area contributed by atoms with Gasteiger partial charge in [-0.3, -0.25) is 9.69 Å². The lowest BCUT2D eigenvalue weighted by Crippen LogP contribution is -2.47. The Balaban J connectivity index is 1.13. The van der Waals surface area contributed by atoms with E-state index in [0.29, 0.717) is 10.5 Å². The van der Waals surface area contributed by atoms with Crippen molar-refractivity contribution < 1.29 is 0 Å². The number of hydrogen-bond acceptors (Lipinski definition) is 8. The minimum atomic E-state index is -0.150. The Labute approximate surface area is 201 Å². The Hall–Kier alpha value is -2.62. The fraction of sp³-hybridized carbons (Fsp3) is 0.375. The highest BCUT2D eigenvalue weighted by Crippen LogP contribution is 2.28. The number of aromatic nitrogens is 3. The average molecular weight is 481 g/mol. The summed E-state index contributed by atoms with van der Waals surface area (Å²) in [5, 5.41) is 2.43. The zero-order chi connectivity index (χ0) is 22.9. The summed E-state index contributed by atoms with van der Waals surface area (Å²) in [5.74, 6) is 8.00. The van der Waals surface area contributed by atoms with Crippen LogP contribution < -0.4 is 16.3 Å². The number of piperazine rings is 1. The van der Waals surface area contributed by atoms with Crippen LogP contribution in [-0.4, -0.2) is 58.0 Å². The molecule has 0 radical (unpaired) electrons. The lowest BCUT2D eigenvalue weighted by molar-refractivity contribution is 0.258. The normalized spacial score (nSPS) is 15.0. The van der Waals surface area contributed by atoms with Crippen LogP contribution in [0.5, 0.6) is 0 Å². The summed E-state index contributed by atoms with van der Waals surface area (Å²) in [5.41, 5.74) is 1.89. The van der Waals surface area contributed by atoms with Gasteiger partial charge < -0.3 is 10.7 Å². The number of anilines is 1. The van der Waals surface area contributed by atoms with E-state index >= 15 is 0 Å². The van der Waals surface area contributed by atoms with Gasteiger partial charge in [-0.1, -0.05) is 30.0 Å². The number of nitrogen functional groups attached to an aromatic ring is 1. The molecular formula is C24H28N6OS2. The van der Waals surface area contributed by atoms with E-state index in [1.165, 1.54) is 10.1 Å². The molecule has 0 saturated carbocycles. The van der Waals surface area contributed by atoms with Crippen LogP contribution in [0, 0.1) is 13.8 Å². The lowest BCUT2D eigenvalue weighted by atomic mass is 10.2. The van der Waals surface area contributed by atoms with Gasteiger partial charge >= 0.3 is 0 Å². The molecule has 1 aliphatic rings. The Morgan fingerprint density at radius 1 is 1.06 bits per heavy atom. The van der Waals surface area contributed by atoms with Crippen molar-refractivity contribution in [2.45, 2.75) is 25.4 Å². The smallest absolute Gasteiger partial charge is 0.281 e. The number of aryl methyl sites for hydroxylation is 2. The van der Waals surface area contributed by atoms with E-state index in [0.717, 1.165) is 71.5 Å². The number of hydrogen-bond donors (Lipinski definition) is 1. The third-order valence-electron chi connectivity index (χ3n) is 6.33. The second kappa shape index (κ2) is 9.32. The monoisotopic (exact) mass is 480 g/mol. The van der Waals surface area contributed by atoms with Crippen LogP contribution in [0.15, 0.2) is 46.3 Å². The van der Waals surface area contributed by atoms with E-state index < -0.39 is 0 Å². The van der Waals surface area contributed by atoms with Crippen molar-refractivity contribution in [3.8, 4) is 0 Å². The molecule has 4 aromatic rings. The second-order valence-electron chi connectivity index (χ2n) is 8.43.